The molecule has 0 spiro atoms. The number of ether oxygens (including phenoxy) is 1. The van der Waals surface area contributed by atoms with E-state index in [4.69, 9.17) is 0 Å². The van der Waals surface area contributed by atoms with Gasteiger partial charge in [-0.05, 0) is 19.3 Å². The van der Waals surface area contributed by atoms with Crippen LogP contribution in [0.15, 0.2) is 12.2 Å². The van der Waals surface area contributed by atoms with Gasteiger partial charge in [-0.2, -0.15) is 0 Å². The normalized spacial score (nSPS) is 21.8. The van der Waals surface area contributed by atoms with Crippen LogP contribution in [0.4, 0.5) is 0 Å². The van der Waals surface area contributed by atoms with E-state index in [9.17, 15) is 4.79 Å². The van der Waals surface area contributed by atoms with Crippen LogP contribution in [0.3, 0.4) is 0 Å². The number of allylic oxidation sites excluding steroid dienone is 2. The first-order valence-corrected chi connectivity index (χ1v) is 3.85. The first-order valence-electron chi connectivity index (χ1n) is 3.85. The third-order valence-corrected chi connectivity index (χ3v) is 1.50. The highest BCUT2D eigenvalue weighted by atomic mass is 16.4. The summed E-state index contributed by atoms with van der Waals surface area (Å²) >= 11 is 0. The van der Waals surface area contributed by atoms with Gasteiger partial charge in [-0.25, -0.2) is 0 Å². The van der Waals surface area contributed by atoms with E-state index in [2.05, 4.69) is 16.9 Å². The van der Waals surface area contributed by atoms with Gasteiger partial charge in [-0.3, -0.25) is 0 Å². The molecule has 1 unspecified atom stereocenters. The van der Waals surface area contributed by atoms with Crippen molar-refractivity contribution in [2.75, 3.05) is 14.2 Å². The predicted octanol–water partition coefficient (Wildman–Crippen LogP) is 1.80. The summed E-state index contributed by atoms with van der Waals surface area (Å²) in [6, 6.07) is 0. The Bertz CT molecular complexity index is 119. The summed E-state index contributed by atoms with van der Waals surface area (Å²) in [6.45, 7) is 0. The molecule has 0 aliphatic heterocycles. The van der Waals surface area contributed by atoms with E-state index in [1.54, 1.807) is 14.2 Å². The molecule has 0 amide bonds. The first kappa shape index (κ1) is 10.4. The minimum atomic E-state index is 0.319. The Morgan fingerprint density at radius 1 is 1.45 bits per heavy atom. The molecular formula is C9H16O2. The van der Waals surface area contributed by atoms with Crippen molar-refractivity contribution in [3.63, 3.8) is 0 Å². The molecule has 0 saturated carbocycles. The maximum absolute atomic E-state index is 10.1. The monoisotopic (exact) mass is 156 g/mol. The average Bonchev–Trinajstić information content (AvgIpc) is 2.08. The standard InChI is InChI=1S/C7H10O.C2H6O/c8-6-7-4-2-1-3-5-7;1-3-2/h1-2,6-7H,3-5H2;1-2H3. The van der Waals surface area contributed by atoms with Gasteiger partial charge < -0.3 is 9.53 Å². The van der Waals surface area contributed by atoms with Crippen LogP contribution in [0.1, 0.15) is 19.3 Å². The molecule has 2 nitrogen and oxygen atoms in total. The van der Waals surface area contributed by atoms with Gasteiger partial charge in [0.2, 0.25) is 0 Å². The second-order valence-electron chi connectivity index (χ2n) is 2.59. The van der Waals surface area contributed by atoms with Crippen LogP contribution in [0.2, 0.25) is 0 Å². The Balaban J connectivity index is 0.000000292. The molecule has 1 aliphatic carbocycles. The summed E-state index contributed by atoms with van der Waals surface area (Å²) in [5.41, 5.74) is 0. The van der Waals surface area contributed by atoms with Gasteiger partial charge >= 0.3 is 0 Å². The minimum absolute atomic E-state index is 0.319. The number of hydrogen-bond donors (Lipinski definition) is 0. The van der Waals surface area contributed by atoms with Crippen molar-refractivity contribution in [2.45, 2.75) is 19.3 Å². The molecule has 0 aromatic carbocycles. The summed E-state index contributed by atoms with van der Waals surface area (Å²) in [5, 5.41) is 0. The van der Waals surface area contributed by atoms with E-state index in [0.717, 1.165) is 25.5 Å². The first-order chi connectivity index (χ1) is 5.35. The summed E-state index contributed by atoms with van der Waals surface area (Å²) < 4.78 is 4.25. The van der Waals surface area contributed by atoms with Crippen molar-refractivity contribution < 1.29 is 9.53 Å². The van der Waals surface area contributed by atoms with Crippen molar-refractivity contribution in [1.82, 2.24) is 0 Å². The number of carbonyl (C=O) groups excluding carboxylic acids is 1. The van der Waals surface area contributed by atoms with Crippen LogP contribution in [-0.2, 0) is 9.53 Å². The molecule has 0 aromatic rings. The second kappa shape index (κ2) is 7.48. The van der Waals surface area contributed by atoms with Crippen LogP contribution in [0, 0.1) is 5.92 Å². The van der Waals surface area contributed by atoms with Crippen molar-refractivity contribution in [3.05, 3.63) is 12.2 Å². The second-order valence-corrected chi connectivity index (χ2v) is 2.59. The Morgan fingerprint density at radius 3 is 2.36 bits per heavy atom. The van der Waals surface area contributed by atoms with Crippen LogP contribution in [-0.4, -0.2) is 20.5 Å². The van der Waals surface area contributed by atoms with Gasteiger partial charge in [0.15, 0.2) is 0 Å². The molecule has 1 atom stereocenters. The van der Waals surface area contributed by atoms with E-state index < -0.39 is 0 Å². The van der Waals surface area contributed by atoms with Crippen LogP contribution < -0.4 is 0 Å². The zero-order valence-corrected chi connectivity index (χ0v) is 7.25. The molecule has 0 fully saturated rings. The molecule has 11 heavy (non-hydrogen) atoms. The van der Waals surface area contributed by atoms with Crippen molar-refractivity contribution in [1.29, 1.82) is 0 Å². The number of rotatable bonds is 1. The third kappa shape index (κ3) is 5.80. The molecule has 64 valence electrons. The lowest BCUT2D eigenvalue weighted by molar-refractivity contribution is -0.111. The van der Waals surface area contributed by atoms with Crippen LogP contribution in [0.25, 0.3) is 0 Å². The minimum Gasteiger partial charge on any atom is -0.388 e. The maximum atomic E-state index is 10.1. The molecule has 0 saturated heterocycles. The van der Waals surface area contributed by atoms with Gasteiger partial charge in [-0.1, -0.05) is 12.2 Å². The maximum Gasteiger partial charge on any atom is 0.123 e. The summed E-state index contributed by atoms with van der Waals surface area (Å²) in [7, 11) is 3.25. The summed E-state index contributed by atoms with van der Waals surface area (Å²) in [6.07, 6.45) is 8.39. The molecule has 0 N–H and O–H groups in total. The zero-order chi connectivity index (χ0) is 8.53. The number of methoxy groups -OCH3 is 1. The third-order valence-electron chi connectivity index (χ3n) is 1.50. The number of aldehydes is 1. The molecule has 1 rings (SSSR count). The zero-order valence-electron chi connectivity index (χ0n) is 7.25. The van der Waals surface area contributed by atoms with Crippen LogP contribution >= 0.6 is 0 Å². The molecule has 0 heterocycles. The molecule has 1 aliphatic rings. The highest BCUT2D eigenvalue weighted by molar-refractivity contribution is 5.54. The number of hydrogen-bond acceptors (Lipinski definition) is 2. The highest BCUT2D eigenvalue weighted by Gasteiger charge is 2.05. The van der Waals surface area contributed by atoms with Gasteiger partial charge in [0, 0.05) is 20.1 Å². The molecule has 0 aromatic heterocycles. The number of carbonyl (C=O) groups is 1. The van der Waals surface area contributed by atoms with Gasteiger partial charge in [0.1, 0.15) is 6.29 Å². The van der Waals surface area contributed by atoms with E-state index in [0.29, 0.717) is 5.92 Å². The fourth-order valence-electron chi connectivity index (χ4n) is 0.941. The van der Waals surface area contributed by atoms with Gasteiger partial charge in [-0.15, -0.1) is 0 Å². The lowest BCUT2D eigenvalue weighted by Crippen LogP contribution is -2.02. The molecule has 0 radical (unpaired) electrons. The lowest BCUT2D eigenvalue weighted by atomic mass is 9.96. The fourth-order valence-corrected chi connectivity index (χ4v) is 0.941. The van der Waals surface area contributed by atoms with E-state index >= 15 is 0 Å². The Hall–Kier alpha value is -0.630. The highest BCUT2D eigenvalue weighted by Crippen LogP contribution is 2.14. The summed E-state index contributed by atoms with van der Waals surface area (Å²) in [5.74, 6) is 0.319. The van der Waals surface area contributed by atoms with E-state index in [1.165, 1.54) is 0 Å². The lowest BCUT2D eigenvalue weighted by Gasteiger charge is -2.08. The molecular weight excluding hydrogens is 140 g/mol. The Morgan fingerprint density at radius 2 is 2.09 bits per heavy atom. The predicted molar refractivity (Wildman–Crippen MR) is 45.5 cm³/mol. The van der Waals surface area contributed by atoms with E-state index in [1.807, 2.05) is 0 Å². The quantitative estimate of drug-likeness (QED) is 0.427. The molecule has 2 heteroatoms. The van der Waals surface area contributed by atoms with Crippen molar-refractivity contribution in [2.24, 2.45) is 5.92 Å². The Kier molecular flexibility index (Phi) is 7.05. The largest absolute Gasteiger partial charge is 0.388 e. The SMILES string of the molecule is COC.O=CC1CC=CCC1. The van der Waals surface area contributed by atoms with Crippen LogP contribution in [0.5, 0.6) is 0 Å². The smallest absolute Gasteiger partial charge is 0.123 e. The topological polar surface area (TPSA) is 26.3 Å². The summed E-state index contributed by atoms with van der Waals surface area (Å²) in [4.78, 5) is 10.1. The Labute approximate surface area is 68.2 Å². The van der Waals surface area contributed by atoms with Gasteiger partial charge in [0.05, 0.1) is 0 Å². The van der Waals surface area contributed by atoms with Gasteiger partial charge in [0.25, 0.3) is 0 Å². The van der Waals surface area contributed by atoms with Crippen molar-refractivity contribution in [3.8, 4) is 0 Å². The van der Waals surface area contributed by atoms with E-state index in [-0.39, 0.29) is 0 Å². The fraction of sp³-hybridized carbons (Fsp3) is 0.667. The average molecular weight is 156 g/mol. The molecule has 0 bridgehead atoms. The van der Waals surface area contributed by atoms with Crippen molar-refractivity contribution >= 4 is 6.29 Å².